The van der Waals surface area contributed by atoms with Gasteiger partial charge in [0.15, 0.2) is 0 Å². The molecule has 0 radical (unpaired) electrons. The Morgan fingerprint density at radius 2 is 1.94 bits per heavy atom. The Balaban J connectivity index is 1.87. The maximum atomic E-state index is 13.0. The highest BCUT2D eigenvalue weighted by molar-refractivity contribution is 7.99. The highest BCUT2D eigenvalue weighted by Crippen LogP contribution is 2.59. The second kappa shape index (κ2) is 9.65. The van der Waals surface area contributed by atoms with Gasteiger partial charge in [0.1, 0.15) is 10.9 Å². The zero-order chi connectivity index (χ0) is 23.8. The Hall–Kier alpha value is -1.08. The Morgan fingerprint density at radius 3 is 2.56 bits per heavy atom. The van der Waals surface area contributed by atoms with Crippen molar-refractivity contribution >= 4 is 17.7 Å². The third kappa shape index (κ3) is 5.19. The van der Waals surface area contributed by atoms with Crippen LogP contribution >= 0.6 is 11.8 Å². The second-order valence-electron chi connectivity index (χ2n) is 11.0. The van der Waals surface area contributed by atoms with Crippen molar-refractivity contribution in [1.29, 1.82) is 0 Å². The van der Waals surface area contributed by atoms with Crippen molar-refractivity contribution in [2.45, 2.75) is 95.4 Å². The molecule has 3 aliphatic carbocycles. The van der Waals surface area contributed by atoms with E-state index in [0.29, 0.717) is 24.8 Å². The minimum Gasteiger partial charge on any atom is -0.459 e. The number of carbonyl (C=O) groups excluding carboxylic acids is 1. The number of allylic oxidation sites excluding steroid dienone is 3. The van der Waals surface area contributed by atoms with Crippen molar-refractivity contribution in [3.05, 3.63) is 35.5 Å². The number of hydrogen-bond donors (Lipinski definition) is 3. The van der Waals surface area contributed by atoms with Crippen LogP contribution in [0.25, 0.3) is 0 Å². The molecule has 0 aliphatic heterocycles. The van der Waals surface area contributed by atoms with Gasteiger partial charge in [-0.15, -0.1) is 11.8 Å². The topological polar surface area (TPSA) is 87.0 Å². The van der Waals surface area contributed by atoms with Crippen LogP contribution in [0.4, 0.5) is 0 Å². The molecule has 0 aromatic rings. The zero-order valence-corrected chi connectivity index (χ0v) is 21.0. The Labute approximate surface area is 197 Å². The van der Waals surface area contributed by atoms with Crippen molar-refractivity contribution in [1.82, 2.24) is 0 Å². The third-order valence-corrected chi connectivity index (χ3v) is 8.55. The van der Waals surface area contributed by atoms with Crippen molar-refractivity contribution in [3.8, 4) is 0 Å². The van der Waals surface area contributed by atoms with Crippen molar-refractivity contribution in [3.63, 3.8) is 0 Å². The summed E-state index contributed by atoms with van der Waals surface area (Å²) in [6, 6.07) is 0. The summed E-state index contributed by atoms with van der Waals surface area (Å²) in [7, 11) is 0. The number of thioether (sulfide) groups is 1. The standard InChI is InChI=1S/C26H40O5S/c1-15-17(12-18(27)13-20(15)28)10-9-16-8-7-11-26(5)19(16)14-21(29)22(26)23(32-6)24(30)31-25(2,3)4/h9-10,18-23,27-29H,1,7-8,11-14H2,2-6H3/t18-,19+,20+,21+,22-,23?,26+/m1/s1. The molecule has 3 rings (SSSR count). The molecule has 3 saturated carbocycles. The molecule has 0 saturated heterocycles. The Kier molecular flexibility index (Phi) is 7.70. The van der Waals surface area contributed by atoms with Gasteiger partial charge in [0.25, 0.3) is 0 Å². The lowest BCUT2D eigenvalue weighted by Crippen LogP contribution is -2.45. The molecule has 0 amide bonds. The van der Waals surface area contributed by atoms with Crippen molar-refractivity contribution in [2.75, 3.05) is 6.26 Å². The molecule has 3 fully saturated rings. The molecule has 180 valence electrons. The highest BCUT2D eigenvalue weighted by atomic mass is 32.2. The molecule has 3 N–H and O–H groups in total. The van der Waals surface area contributed by atoms with E-state index in [0.717, 1.165) is 24.8 Å². The fraction of sp³-hybridized carbons (Fsp3) is 0.731. The first kappa shape index (κ1) is 25.5. The van der Waals surface area contributed by atoms with E-state index in [1.165, 1.54) is 17.3 Å². The van der Waals surface area contributed by atoms with Crippen LogP contribution in [0.15, 0.2) is 35.5 Å². The highest BCUT2D eigenvalue weighted by Gasteiger charge is 2.57. The van der Waals surface area contributed by atoms with Gasteiger partial charge < -0.3 is 20.1 Å². The van der Waals surface area contributed by atoms with E-state index in [-0.39, 0.29) is 23.2 Å². The number of aliphatic hydroxyl groups is 3. The van der Waals surface area contributed by atoms with Gasteiger partial charge in [-0.05, 0) is 81.6 Å². The number of ether oxygens (including phenoxy) is 1. The van der Waals surface area contributed by atoms with E-state index in [1.807, 2.05) is 33.1 Å². The predicted octanol–water partition coefficient (Wildman–Crippen LogP) is 4.17. The molecule has 7 atom stereocenters. The number of esters is 1. The predicted molar refractivity (Wildman–Crippen MR) is 129 cm³/mol. The fourth-order valence-corrected chi connectivity index (χ4v) is 7.08. The first-order valence-corrected chi connectivity index (χ1v) is 13.0. The summed E-state index contributed by atoms with van der Waals surface area (Å²) in [5.74, 6) is -0.213. The summed E-state index contributed by atoms with van der Waals surface area (Å²) >= 11 is 1.48. The maximum absolute atomic E-state index is 13.0. The Bertz CT molecular complexity index is 795. The SMILES string of the molecule is C=C1C(=CC=C2CCC[C@@]3(C)[C@H]2C[C@H](O)[C@@H]3C(SC)C(=O)OC(C)(C)C)C[C@@H](O)C[C@@H]1O. The van der Waals surface area contributed by atoms with Gasteiger partial charge in [-0.25, -0.2) is 0 Å². The van der Waals surface area contributed by atoms with Crippen LogP contribution in [-0.2, 0) is 9.53 Å². The van der Waals surface area contributed by atoms with E-state index in [9.17, 15) is 20.1 Å². The van der Waals surface area contributed by atoms with Crippen LogP contribution < -0.4 is 0 Å². The van der Waals surface area contributed by atoms with Gasteiger partial charge in [0, 0.05) is 12.3 Å². The maximum Gasteiger partial charge on any atom is 0.319 e. The van der Waals surface area contributed by atoms with Crippen LogP contribution in [0.5, 0.6) is 0 Å². The molecule has 6 heteroatoms. The molecule has 5 nitrogen and oxygen atoms in total. The summed E-state index contributed by atoms with van der Waals surface area (Å²) in [5, 5.41) is 30.9. The van der Waals surface area contributed by atoms with E-state index >= 15 is 0 Å². The van der Waals surface area contributed by atoms with E-state index in [1.54, 1.807) is 0 Å². The largest absolute Gasteiger partial charge is 0.459 e. The number of carbonyl (C=O) groups is 1. The van der Waals surface area contributed by atoms with E-state index in [2.05, 4.69) is 19.6 Å². The number of fused-ring (bicyclic) bond motifs is 1. The number of hydrogen-bond acceptors (Lipinski definition) is 6. The molecule has 0 spiro atoms. The minimum atomic E-state index is -0.700. The van der Waals surface area contributed by atoms with Crippen LogP contribution in [0.1, 0.15) is 66.2 Å². The number of rotatable bonds is 4. The van der Waals surface area contributed by atoms with Crippen molar-refractivity contribution < 1.29 is 24.9 Å². The van der Waals surface area contributed by atoms with Crippen LogP contribution in [0.3, 0.4) is 0 Å². The molecule has 0 aromatic carbocycles. The summed E-state index contributed by atoms with van der Waals surface area (Å²) in [4.78, 5) is 13.0. The average molecular weight is 465 g/mol. The van der Waals surface area contributed by atoms with Gasteiger partial charge in [-0.2, -0.15) is 0 Å². The second-order valence-corrected chi connectivity index (χ2v) is 12.0. The summed E-state index contributed by atoms with van der Waals surface area (Å²) in [5.41, 5.74) is 2.11. The minimum absolute atomic E-state index is 0.165. The van der Waals surface area contributed by atoms with Gasteiger partial charge in [0.2, 0.25) is 0 Å². The smallest absolute Gasteiger partial charge is 0.319 e. The average Bonchev–Trinajstić information content (AvgIpc) is 2.94. The summed E-state index contributed by atoms with van der Waals surface area (Å²) in [6.07, 6.45) is 8.63. The molecule has 0 bridgehead atoms. The van der Waals surface area contributed by atoms with E-state index < -0.39 is 29.2 Å². The van der Waals surface area contributed by atoms with Gasteiger partial charge in [0.05, 0.1) is 18.3 Å². The zero-order valence-electron chi connectivity index (χ0n) is 20.1. The van der Waals surface area contributed by atoms with Crippen molar-refractivity contribution in [2.24, 2.45) is 17.3 Å². The third-order valence-electron chi connectivity index (χ3n) is 7.56. The molecule has 3 aliphatic rings. The van der Waals surface area contributed by atoms with Crippen LogP contribution in [-0.4, -0.2) is 56.7 Å². The molecule has 0 aromatic heterocycles. The lowest BCUT2D eigenvalue weighted by Gasteiger charge is -2.44. The van der Waals surface area contributed by atoms with Crippen LogP contribution in [0.2, 0.25) is 0 Å². The lowest BCUT2D eigenvalue weighted by molar-refractivity contribution is -0.157. The fourth-order valence-electron chi connectivity index (χ4n) is 6.05. The van der Waals surface area contributed by atoms with Gasteiger partial charge in [-0.3, -0.25) is 4.79 Å². The quantitative estimate of drug-likeness (QED) is 0.541. The number of aliphatic hydroxyl groups excluding tert-OH is 3. The Morgan fingerprint density at radius 1 is 1.25 bits per heavy atom. The monoisotopic (exact) mass is 464 g/mol. The molecular formula is C26H40O5S. The van der Waals surface area contributed by atoms with Gasteiger partial charge in [-0.1, -0.05) is 31.2 Å². The first-order valence-electron chi connectivity index (χ1n) is 11.8. The molecule has 1 unspecified atom stereocenters. The lowest BCUT2D eigenvalue weighted by atomic mass is 9.62. The first-order chi connectivity index (χ1) is 14.9. The van der Waals surface area contributed by atoms with Gasteiger partial charge >= 0.3 is 5.97 Å². The van der Waals surface area contributed by atoms with E-state index in [4.69, 9.17) is 4.74 Å². The summed E-state index contributed by atoms with van der Waals surface area (Å²) < 4.78 is 5.71. The molecule has 0 heterocycles. The van der Waals surface area contributed by atoms with Crippen LogP contribution in [0, 0.1) is 17.3 Å². The normalized spacial score (nSPS) is 39.2. The summed E-state index contributed by atoms with van der Waals surface area (Å²) in [6.45, 7) is 11.9. The molecule has 32 heavy (non-hydrogen) atoms. The molecular weight excluding hydrogens is 424 g/mol.